The molecule has 1 fully saturated rings. The van der Waals surface area contributed by atoms with Gasteiger partial charge in [0.05, 0.1) is 19.6 Å². The number of likely N-dealkylation sites (tertiary alicyclic amines) is 1. The molecule has 98 valence electrons. The molecule has 2 rings (SSSR count). The molecule has 1 aromatic carbocycles. The standard InChI is InChI=1S/C14H19BrN2O/c1-2-17-8-4-7-13(17)10-16-14(18)11-5-3-6-12(15)9-11/h3,5-6,9,13H,2,4,7-8,10H2,1H3,(H,16,18)/p+1/t13-/m0/s1. The first kappa shape index (κ1) is 13.6. The molecule has 2 N–H and O–H groups in total. The number of likely N-dealkylation sites (N-methyl/N-ethyl adjacent to an activating group) is 1. The normalized spacial score (nSPS) is 23.0. The molecule has 0 spiro atoms. The van der Waals surface area contributed by atoms with Gasteiger partial charge < -0.3 is 10.2 Å². The first-order valence-electron chi connectivity index (χ1n) is 6.59. The van der Waals surface area contributed by atoms with E-state index in [4.69, 9.17) is 0 Å². The molecule has 2 atom stereocenters. The predicted octanol–water partition coefficient (Wildman–Crippen LogP) is 1.25. The van der Waals surface area contributed by atoms with E-state index in [1.165, 1.54) is 19.4 Å². The number of hydrogen-bond acceptors (Lipinski definition) is 1. The van der Waals surface area contributed by atoms with Crippen molar-refractivity contribution >= 4 is 21.8 Å². The van der Waals surface area contributed by atoms with Gasteiger partial charge in [-0.2, -0.15) is 0 Å². The van der Waals surface area contributed by atoms with E-state index in [9.17, 15) is 4.79 Å². The van der Waals surface area contributed by atoms with E-state index in [1.807, 2.05) is 24.3 Å². The van der Waals surface area contributed by atoms with Crippen LogP contribution >= 0.6 is 15.9 Å². The van der Waals surface area contributed by atoms with Crippen LogP contribution < -0.4 is 10.2 Å². The van der Waals surface area contributed by atoms with Crippen molar-refractivity contribution in [2.75, 3.05) is 19.6 Å². The Morgan fingerprint density at radius 1 is 1.56 bits per heavy atom. The van der Waals surface area contributed by atoms with Crippen molar-refractivity contribution in [3.63, 3.8) is 0 Å². The molecular weight excluding hydrogens is 292 g/mol. The zero-order chi connectivity index (χ0) is 13.0. The molecule has 1 heterocycles. The number of carbonyl (C=O) groups excluding carboxylic acids is 1. The van der Waals surface area contributed by atoms with E-state index in [0.29, 0.717) is 6.04 Å². The minimum absolute atomic E-state index is 0.0265. The third kappa shape index (κ3) is 3.33. The average molecular weight is 312 g/mol. The summed E-state index contributed by atoms with van der Waals surface area (Å²) in [6.45, 7) is 5.39. The Labute approximate surface area is 117 Å². The van der Waals surface area contributed by atoms with Gasteiger partial charge in [0, 0.05) is 22.9 Å². The van der Waals surface area contributed by atoms with E-state index < -0.39 is 0 Å². The van der Waals surface area contributed by atoms with Crippen molar-refractivity contribution in [3.8, 4) is 0 Å². The number of carbonyl (C=O) groups is 1. The Morgan fingerprint density at radius 3 is 3.11 bits per heavy atom. The highest BCUT2D eigenvalue weighted by atomic mass is 79.9. The van der Waals surface area contributed by atoms with E-state index in [1.54, 1.807) is 4.90 Å². The summed E-state index contributed by atoms with van der Waals surface area (Å²) in [4.78, 5) is 13.6. The summed E-state index contributed by atoms with van der Waals surface area (Å²) in [6.07, 6.45) is 2.50. The Bertz CT molecular complexity index is 422. The van der Waals surface area contributed by atoms with E-state index in [0.717, 1.165) is 23.1 Å². The van der Waals surface area contributed by atoms with Gasteiger partial charge in [-0.25, -0.2) is 0 Å². The first-order chi connectivity index (χ1) is 8.70. The largest absolute Gasteiger partial charge is 0.346 e. The number of quaternary nitrogens is 1. The summed E-state index contributed by atoms with van der Waals surface area (Å²) >= 11 is 3.38. The summed E-state index contributed by atoms with van der Waals surface area (Å²) in [6, 6.07) is 8.11. The van der Waals surface area contributed by atoms with Crippen LogP contribution in [-0.4, -0.2) is 31.6 Å². The lowest BCUT2D eigenvalue weighted by Crippen LogP contribution is -3.14. The second kappa shape index (κ2) is 6.34. The van der Waals surface area contributed by atoms with Crippen LogP contribution in [0.15, 0.2) is 28.7 Å². The van der Waals surface area contributed by atoms with Crippen LogP contribution in [0.25, 0.3) is 0 Å². The number of nitrogens with one attached hydrogen (secondary N) is 2. The zero-order valence-electron chi connectivity index (χ0n) is 10.7. The molecule has 0 radical (unpaired) electrons. The van der Waals surface area contributed by atoms with Crippen molar-refractivity contribution in [2.45, 2.75) is 25.8 Å². The molecule has 1 aliphatic rings. The summed E-state index contributed by atoms with van der Waals surface area (Å²) in [5.41, 5.74) is 0.723. The topological polar surface area (TPSA) is 33.5 Å². The minimum Gasteiger partial charge on any atom is -0.346 e. The SMILES string of the molecule is CC[NH+]1CCC[C@H]1CNC(=O)c1cccc(Br)c1. The number of amides is 1. The van der Waals surface area contributed by atoms with E-state index >= 15 is 0 Å². The van der Waals surface area contributed by atoms with Crippen molar-refractivity contribution in [1.82, 2.24) is 5.32 Å². The summed E-state index contributed by atoms with van der Waals surface area (Å²) < 4.78 is 0.942. The highest BCUT2D eigenvalue weighted by Gasteiger charge is 2.27. The Hall–Kier alpha value is -0.870. The second-order valence-electron chi connectivity index (χ2n) is 4.82. The smallest absolute Gasteiger partial charge is 0.251 e. The van der Waals surface area contributed by atoms with Gasteiger partial charge in [-0.1, -0.05) is 22.0 Å². The van der Waals surface area contributed by atoms with Gasteiger partial charge in [-0.15, -0.1) is 0 Å². The Morgan fingerprint density at radius 2 is 2.39 bits per heavy atom. The third-order valence-electron chi connectivity index (χ3n) is 3.68. The Kier molecular flexibility index (Phi) is 4.78. The molecule has 1 saturated heterocycles. The van der Waals surface area contributed by atoms with Gasteiger partial charge in [-0.05, 0) is 25.1 Å². The van der Waals surface area contributed by atoms with Gasteiger partial charge in [0.1, 0.15) is 6.04 Å². The van der Waals surface area contributed by atoms with Crippen LogP contribution in [0.3, 0.4) is 0 Å². The Balaban J connectivity index is 1.88. The molecule has 0 saturated carbocycles. The maximum absolute atomic E-state index is 12.0. The quantitative estimate of drug-likeness (QED) is 0.862. The van der Waals surface area contributed by atoms with Crippen LogP contribution in [0.4, 0.5) is 0 Å². The maximum atomic E-state index is 12.0. The van der Waals surface area contributed by atoms with Crippen LogP contribution in [0.2, 0.25) is 0 Å². The average Bonchev–Trinajstić information content (AvgIpc) is 2.83. The fourth-order valence-corrected chi connectivity index (χ4v) is 3.04. The number of rotatable bonds is 4. The number of hydrogen-bond donors (Lipinski definition) is 2. The first-order valence-corrected chi connectivity index (χ1v) is 7.38. The molecule has 18 heavy (non-hydrogen) atoms. The molecular formula is C14H20BrN2O+. The fourth-order valence-electron chi connectivity index (χ4n) is 2.64. The summed E-state index contributed by atoms with van der Waals surface area (Å²) in [5.74, 6) is 0.0265. The molecule has 1 unspecified atom stereocenters. The third-order valence-corrected chi connectivity index (χ3v) is 4.17. The van der Waals surface area contributed by atoms with Crippen molar-refractivity contribution in [3.05, 3.63) is 34.3 Å². The monoisotopic (exact) mass is 311 g/mol. The van der Waals surface area contributed by atoms with Crippen molar-refractivity contribution in [2.24, 2.45) is 0 Å². The molecule has 1 amide bonds. The maximum Gasteiger partial charge on any atom is 0.251 e. The predicted molar refractivity (Wildman–Crippen MR) is 75.9 cm³/mol. The minimum atomic E-state index is 0.0265. The molecule has 4 heteroatoms. The summed E-state index contributed by atoms with van der Waals surface area (Å²) in [7, 11) is 0. The van der Waals surface area contributed by atoms with Crippen LogP contribution in [0.5, 0.6) is 0 Å². The molecule has 1 aromatic rings. The van der Waals surface area contributed by atoms with Gasteiger partial charge in [0.25, 0.3) is 5.91 Å². The molecule has 0 aliphatic carbocycles. The number of benzene rings is 1. The van der Waals surface area contributed by atoms with Gasteiger partial charge in [-0.3, -0.25) is 4.79 Å². The molecule has 0 bridgehead atoms. The van der Waals surface area contributed by atoms with E-state index in [-0.39, 0.29) is 5.91 Å². The molecule has 3 nitrogen and oxygen atoms in total. The van der Waals surface area contributed by atoms with Gasteiger partial charge >= 0.3 is 0 Å². The lowest BCUT2D eigenvalue weighted by molar-refractivity contribution is -0.909. The summed E-state index contributed by atoms with van der Waals surface area (Å²) in [5, 5.41) is 3.05. The van der Waals surface area contributed by atoms with Crippen molar-refractivity contribution < 1.29 is 9.69 Å². The van der Waals surface area contributed by atoms with Gasteiger partial charge in [0.15, 0.2) is 0 Å². The molecule has 0 aromatic heterocycles. The van der Waals surface area contributed by atoms with Crippen LogP contribution in [-0.2, 0) is 0 Å². The van der Waals surface area contributed by atoms with Crippen LogP contribution in [0, 0.1) is 0 Å². The second-order valence-corrected chi connectivity index (χ2v) is 5.74. The highest BCUT2D eigenvalue weighted by Crippen LogP contribution is 2.11. The lowest BCUT2D eigenvalue weighted by atomic mass is 10.2. The fraction of sp³-hybridized carbons (Fsp3) is 0.500. The highest BCUT2D eigenvalue weighted by molar-refractivity contribution is 9.10. The van der Waals surface area contributed by atoms with Gasteiger partial charge in [0.2, 0.25) is 0 Å². The zero-order valence-corrected chi connectivity index (χ0v) is 12.3. The lowest BCUT2D eigenvalue weighted by Gasteiger charge is -2.20. The number of halogens is 1. The molecule has 1 aliphatic heterocycles. The van der Waals surface area contributed by atoms with Crippen LogP contribution in [0.1, 0.15) is 30.1 Å². The van der Waals surface area contributed by atoms with E-state index in [2.05, 4.69) is 28.2 Å². The van der Waals surface area contributed by atoms with Crippen molar-refractivity contribution in [1.29, 1.82) is 0 Å².